The zero-order valence-electron chi connectivity index (χ0n) is 9.51. The van der Waals surface area contributed by atoms with Crippen molar-refractivity contribution in [2.75, 3.05) is 7.11 Å². The summed E-state index contributed by atoms with van der Waals surface area (Å²) in [6.07, 6.45) is 4.25. The number of methoxy groups -OCH3 is 1. The average Bonchev–Trinajstić information content (AvgIpc) is 2.30. The Labute approximate surface area is 105 Å². The fourth-order valence-electron chi connectivity index (χ4n) is 1.57. The van der Waals surface area contributed by atoms with Crippen LogP contribution in [-0.4, -0.2) is 22.1 Å². The van der Waals surface area contributed by atoms with Gasteiger partial charge in [0.15, 0.2) is 0 Å². The molecule has 2 aromatic heterocycles. The van der Waals surface area contributed by atoms with Crippen molar-refractivity contribution in [3.8, 4) is 0 Å². The van der Waals surface area contributed by atoms with Gasteiger partial charge in [0.2, 0.25) is 0 Å². The number of aromatic nitrogens is 3. The lowest BCUT2D eigenvalue weighted by Crippen LogP contribution is -2.02. The molecule has 0 aromatic carbocycles. The molecule has 88 valence electrons. The molecule has 0 bridgehead atoms. The number of rotatable bonds is 4. The van der Waals surface area contributed by atoms with Crippen LogP contribution in [-0.2, 0) is 17.8 Å². The van der Waals surface area contributed by atoms with Crippen LogP contribution in [0, 0.1) is 4.64 Å². The van der Waals surface area contributed by atoms with E-state index in [9.17, 15) is 0 Å². The minimum atomic E-state index is 0.509. The standard InChI is InChI=1S/C12H13N3OS/c1-16-8-10-7-12(17)15-11(14-10)6-9-2-4-13-5-3-9/h2-5,7H,6,8H2,1H3,(H,14,15,17). The molecular weight excluding hydrogens is 234 g/mol. The summed E-state index contributed by atoms with van der Waals surface area (Å²) in [7, 11) is 1.65. The van der Waals surface area contributed by atoms with E-state index in [0.717, 1.165) is 17.1 Å². The largest absolute Gasteiger partial charge is 0.378 e. The fraction of sp³-hybridized carbons (Fsp3) is 0.250. The van der Waals surface area contributed by atoms with Crippen LogP contribution in [0.2, 0.25) is 0 Å². The highest BCUT2D eigenvalue weighted by Gasteiger charge is 2.00. The lowest BCUT2D eigenvalue weighted by molar-refractivity contribution is 0.181. The van der Waals surface area contributed by atoms with Gasteiger partial charge in [-0.2, -0.15) is 0 Å². The summed E-state index contributed by atoms with van der Waals surface area (Å²) in [4.78, 5) is 11.5. The average molecular weight is 247 g/mol. The number of aromatic amines is 1. The molecule has 0 aliphatic carbocycles. The Morgan fingerprint density at radius 3 is 2.82 bits per heavy atom. The monoisotopic (exact) mass is 247 g/mol. The maximum Gasteiger partial charge on any atom is 0.130 e. The van der Waals surface area contributed by atoms with Crippen molar-refractivity contribution in [1.29, 1.82) is 0 Å². The van der Waals surface area contributed by atoms with Crippen molar-refractivity contribution in [3.63, 3.8) is 0 Å². The van der Waals surface area contributed by atoms with Crippen LogP contribution in [0.15, 0.2) is 30.6 Å². The molecule has 17 heavy (non-hydrogen) atoms. The Balaban J connectivity index is 2.24. The Hall–Kier alpha value is -1.59. The van der Waals surface area contributed by atoms with Crippen molar-refractivity contribution in [1.82, 2.24) is 15.0 Å². The van der Waals surface area contributed by atoms with Gasteiger partial charge >= 0.3 is 0 Å². The molecule has 2 rings (SSSR count). The molecule has 0 aliphatic heterocycles. The van der Waals surface area contributed by atoms with Gasteiger partial charge in [0.05, 0.1) is 6.61 Å². The predicted molar refractivity (Wildman–Crippen MR) is 67.2 cm³/mol. The second kappa shape index (κ2) is 5.65. The zero-order valence-corrected chi connectivity index (χ0v) is 10.3. The predicted octanol–water partition coefficient (Wildman–Crippen LogP) is 2.27. The summed E-state index contributed by atoms with van der Waals surface area (Å²) in [5, 5.41) is 0. The van der Waals surface area contributed by atoms with E-state index in [1.165, 1.54) is 0 Å². The van der Waals surface area contributed by atoms with Gasteiger partial charge in [-0.05, 0) is 23.8 Å². The van der Waals surface area contributed by atoms with Gasteiger partial charge in [0.25, 0.3) is 0 Å². The summed E-state index contributed by atoms with van der Waals surface area (Å²) < 4.78 is 5.66. The third kappa shape index (κ3) is 3.44. The summed E-state index contributed by atoms with van der Waals surface area (Å²) in [6, 6.07) is 5.73. The minimum Gasteiger partial charge on any atom is -0.378 e. The highest BCUT2D eigenvalue weighted by molar-refractivity contribution is 7.71. The highest BCUT2D eigenvalue weighted by atomic mass is 32.1. The van der Waals surface area contributed by atoms with Crippen LogP contribution in [0.1, 0.15) is 17.1 Å². The maximum atomic E-state index is 5.12. The lowest BCUT2D eigenvalue weighted by atomic mass is 10.2. The van der Waals surface area contributed by atoms with Crippen molar-refractivity contribution in [2.45, 2.75) is 13.0 Å². The summed E-state index contributed by atoms with van der Waals surface area (Å²) in [5.41, 5.74) is 2.09. The van der Waals surface area contributed by atoms with E-state index in [2.05, 4.69) is 15.0 Å². The topological polar surface area (TPSA) is 50.8 Å². The second-order valence-corrected chi connectivity index (χ2v) is 4.07. The second-order valence-electron chi connectivity index (χ2n) is 3.66. The fourth-order valence-corrected chi connectivity index (χ4v) is 1.83. The first-order valence-electron chi connectivity index (χ1n) is 5.25. The van der Waals surface area contributed by atoms with Crippen LogP contribution < -0.4 is 0 Å². The van der Waals surface area contributed by atoms with Crippen LogP contribution in [0.3, 0.4) is 0 Å². The van der Waals surface area contributed by atoms with Crippen LogP contribution in [0.25, 0.3) is 0 Å². The van der Waals surface area contributed by atoms with E-state index in [1.54, 1.807) is 19.5 Å². The van der Waals surface area contributed by atoms with E-state index in [0.29, 0.717) is 17.7 Å². The number of ether oxygens (including phenoxy) is 1. The van der Waals surface area contributed by atoms with Gasteiger partial charge in [0.1, 0.15) is 10.5 Å². The van der Waals surface area contributed by atoms with E-state index in [1.807, 2.05) is 18.2 Å². The van der Waals surface area contributed by atoms with E-state index in [-0.39, 0.29) is 0 Å². The molecule has 0 atom stereocenters. The highest BCUT2D eigenvalue weighted by Crippen LogP contribution is 2.06. The first kappa shape index (κ1) is 11.9. The van der Waals surface area contributed by atoms with Crippen molar-refractivity contribution in [3.05, 3.63) is 52.3 Å². The molecule has 0 aliphatic rings. The molecule has 0 fully saturated rings. The van der Waals surface area contributed by atoms with Gasteiger partial charge in [-0.25, -0.2) is 4.98 Å². The summed E-state index contributed by atoms with van der Waals surface area (Å²) in [6.45, 7) is 0.509. The molecule has 0 saturated carbocycles. The molecule has 5 heteroatoms. The number of hydrogen-bond acceptors (Lipinski definition) is 4. The van der Waals surface area contributed by atoms with Gasteiger partial charge in [-0.1, -0.05) is 12.2 Å². The minimum absolute atomic E-state index is 0.509. The Morgan fingerprint density at radius 2 is 2.12 bits per heavy atom. The van der Waals surface area contributed by atoms with Gasteiger partial charge in [0, 0.05) is 31.6 Å². The molecule has 0 radical (unpaired) electrons. The number of hydrogen-bond donors (Lipinski definition) is 1. The molecule has 2 aromatic rings. The van der Waals surface area contributed by atoms with E-state index >= 15 is 0 Å². The maximum absolute atomic E-state index is 5.12. The summed E-state index contributed by atoms with van der Waals surface area (Å²) in [5.74, 6) is 0.843. The quantitative estimate of drug-likeness (QED) is 0.842. The smallest absolute Gasteiger partial charge is 0.130 e. The molecule has 2 heterocycles. The van der Waals surface area contributed by atoms with E-state index in [4.69, 9.17) is 17.0 Å². The SMILES string of the molecule is COCc1cc(=S)nc(Cc2ccncc2)[nH]1. The third-order valence-corrected chi connectivity index (χ3v) is 2.48. The number of H-pyrrole nitrogens is 1. The Kier molecular flexibility index (Phi) is 3.95. The van der Waals surface area contributed by atoms with Gasteiger partial charge in [-0.15, -0.1) is 0 Å². The van der Waals surface area contributed by atoms with Crippen LogP contribution >= 0.6 is 12.2 Å². The molecule has 0 unspecified atom stereocenters. The molecule has 0 spiro atoms. The lowest BCUT2D eigenvalue weighted by Gasteiger charge is -2.05. The van der Waals surface area contributed by atoms with Crippen molar-refractivity contribution < 1.29 is 4.74 Å². The number of nitrogens with zero attached hydrogens (tertiary/aromatic N) is 2. The molecule has 4 nitrogen and oxygen atoms in total. The molecule has 0 amide bonds. The number of nitrogens with one attached hydrogen (secondary N) is 1. The summed E-state index contributed by atoms with van der Waals surface area (Å²) >= 11 is 5.12. The first-order valence-corrected chi connectivity index (χ1v) is 5.65. The van der Waals surface area contributed by atoms with Crippen LogP contribution in [0.5, 0.6) is 0 Å². The van der Waals surface area contributed by atoms with Gasteiger partial charge in [-0.3, -0.25) is 4.98 Å². The third-order valence-electron chi connectivity index (χ3n) is 2.27. The Bertz CT molecular complexity index is 539. The molecular formula is C12H13N3OS. The van der Waals surface area contributed by atoms with Crippen LogP contribution in [0.4, 0.5) is 0 Å². The van der Waals surface area contributed by atoms with Gasteiger partial charge < -0.3 is 9.72 Å². The normalized spacial score (nSPS) is 10.4. The zero-order chi connectivity index (χ0) is 12.1. The van der Waals surface area contributed by atoms with Crippen molar-refractivity contribution in [2.24, 2.45) is 0 Å². The number of pyridine rings is 1. The Morgan fingerprint density at radius 1 is 1.35 bits per heavy atom. The molecule has 1 N–H and O–H groups in total. The van der Waals surface area contributed by atoms with E-state index < -0.39 is 0 Å². The van der Waals surface area contributed by atoms with Crippen molar-refractivity contribution >= 4 is 12.2 Å². The first-order chi connectivity index (χ1) is 8.28. The molecule has 0 saturated heterocycles.